The molecule has 1 atom stereocenters. The van der Waals surface area contributed by atoms with E-state index in [4.69, 9.17) is 16.3 Å². The first-order valence-corrected chi connectivity index (χ1v) is 7.76. The minimum atomic E-state index is -0.385. The number of ether oxygens (including phenoxy) is 1. The molecular formula is C16H16BrClFNO. The van der Waals surface area contributed by atoms with Crippen molar-refractivity contribution in [2.75, 3.05) is 13.7 Å². The standard InChI is InChI=1S/C16H16BrClFNO/c1-3-20-16(11-5-4-6-12(17)15(11)18)10-7-8-14(21-2)13(19)9-10/h4-9,16,20H,3H2,1-2H3. The molecule has 0 spiro atoms. The molecule has 0 aromatic heterocycles. The zero-order valence-electron chi connectivity index (χ0n) is 11.8. The van der Waals surface area contributed by atoms with Gasteiger partial charge in [-0.25, -0.2) is 4.39 Å². The van der Waals surface area contributed by atoms with Gasteiger partial charge >= 0.3 is 0 Å². The number of benzene rings is 2. The minimum Gasteiger partial charge on any atom is -0.494 e. The van der Waals surface area contributed by atoms with Crippen LogP contribution in [0.15, 0.2) is 40.9 Å². The summed E-state index contributed by atoms with van der Waals surface area (Å²) in [7, 11) is 1.45. The van der Waals surface area contributed by atoms with Gasteiger partial charge in [-0.2, -0.15) is 0 Å². The Labute approximate surface area is 137 Å². The molecule has 5 heteroatoms. The van der Waals surface area contributed by atoms with E-state index >= 15 is 0 Å². The van der Waals surface area contributed by atoms with Gasteiger partial charge < -0.3 is 10.1 Å². The van der Waals surface area contributed by atoms with Gasteiger partial charge in [0.25, 0.3) is 0 Å². The van der Waals surface area contributed by atoms with Gasteiger partial charge in [0.2, 0.25) is 0 Å². The lowest BCUT2D eigenvalue weighted by Gasteiger charge is -2.21. The monoisotopic (exact) mass is 371 g/mol. The van der Waals surface area contributed by atoms with Gasteiger partial charge in [0.15, 0.2) is 11.6 Å². The minimum absolute atomic E-state index is 0.180. The smallest absolute Gasteiger partial charge is 0.165 e. The molecule has 0 aliphatic heterocycles. The van der Waals surface area contributed by atoms with Crippen LogP contribution in [0.4, 0.5) is 4.39 Å². The fourth-order valence-corrected chi connectivity index (χ4v) is 2.83. The average Bonchev–Trinajstić information content (AvgIpc) is 2.48. The Morgan fingerprint density at radius 2 is 2.10 bits per heavy atom. The van der Waals surface area contributed by atoms with Crippen molar-refractivity contribution in [3.63, 3.8) is 0 Å². The zero-order chi connectivity index (χ0) is 15.4. The molecule has 2 rings (SSSR count). The molecule has 0 saturated carbocycles. The van der Waals surface area contributed by atoms with E-state index in [-0.39, 0.29) is 17.6 Å². The summed E-state index contributed by atoms with van der Waals surface area (Å²) in [4.78, 5) is 0. The van der Waals surface area contributed by atoms with Crippen molar-refractivity contribution in [1.82, 2.24) is 5.32 Å². The van der Waals surface area contributed by atoms with Crippen molar-refractivity contribution < 1.29 is 9.13 Å². The summed E-state index contributed by atoms with van der Waals surface area (Å²) in [5.41, 5.74) is 1.70. The highest BCUT2D eigenvalue weighted by atomic mass is 79.9. The molecule has 112 valence electrons. The van der Waals surface area contributed by atoms with Crippen molar-refractivity contribution in [1.29, 1.82) is 0 Å². The SMILES string of the molecule is CCNC(c1ccc(OC)c(F)c1)c1cccc(Br)c1Cl. The Morgan fingerprint density at radius 3 is 2.71 bits per heavy atom. The topological polar surface area (TPSA) is 21.3 Å². The Hall–Kier alpha value is -1.10. The molecule has 2 aromatic carbocycles. The predicted octanol–water partition coefficient (Wildman–Crippen LogP) is 4.95. The summed E-state index contributed by atoms with van der Waals surface area (Å²) in [6.07, 6.45) is 0. The van der Waals surface area contributed by atoms with Gasteiger partial charge in [0.1, 0.15) is 0 Å². The summed E-state index contributed by atoms with van der Waals surface area (Å²) >= 11 is 9.79. The molecule has 21 heavy (non-hydrogen) atoms. The van der Waals surface area contributed by atoms with Gasteiger partial charge in [-0.3, -0.25) is 0 Å². The van der Waals surface area contributed by atoms with Gasteiger partial charge in [-0.15, -0.1) is 0 Å². The summed E-state index contributed by atoms with van der Waals surface area (Å²) < 4.78 is 19.7. The molecule has 2 aromatic rings. The van der Waals surface area contributed by atoms with Crippen molar-refractivity contribution in [3.8, 4) is 5.75 Å². The van der Waals surface area contributed by atoms with Crippen LogP contribution in [0.25, 0.3) is 0 Å². The molecule has 0 aliphatic rings. The maximum Gasteiger partial charge on any atom is 0.165 e. The van der Waals surface area contributed by atoms with Crippen LogP contribution < -0.4 is 10.1 Å². The van der Waals surface area contributed by atoms with Gasteiger partial charge in [-0.1, -0.05) is 36.7 Å². The lowest BCUT2D eigenvalue weighted by atomic mass is 9.98. The highest BCUT2D eigenvalue weighted by Gasteiger charge is 2.18. The van der Waals surface area contributed by atoms with Crippen molar-refractivity contribution in [2.24, 2.45) is 0 Å². The second kappa shape index (κ2) is 7.25. The Morgan fingerprint density at radius 1 is 1.33 bits per heavy atom. The number of hydrogen-bond acceptors (Lipinski definition) is 2. The van der Waals surface area contributed by atoms with E-state index in [0.29, 0.717) is 5.02 Å². The predicted molar refractivity (Wildman–Crippen MR) is 87.6 cm³/mol. The number of nitrogens with one attached hydrogen (secondary N) is 1. The van der Waals surface area contributed by atoms with Crippen molar-refractivity contribution >= 4 is 27.5 Å². The van der Waals surface area contributed by atoms with E-state index < -0.39 is 0 Å². The van der Waals surface area contributed by atoms with E-state index in [1.807, 2.05) is 31.2 Å². The van der Waals surface area contributed by atoms with E-state index in [1.165, 1.54) is 13.2 Å². The molecule has 0 heterocycles. The van der Waals surface area contributed by atoms with Gasteiger partial charge in [0, 0.05) is 4.47 Å². The highest BCUT2D eigenvalue weighted by Crippen LogP contribution is 2.34. The summed E-state index contributed by atoms with van der Waals surface area (Å²) in [6, 6.07) is 10.5. The quantitative estimate of drug-likeness (QED) is 0.802. The fraction of sp³-hybridized carbons (Fsp3) is 0.250. The summed E-state index contributed by atoms with van der Waals surface area (Å²) in [5.74, 6) is -0.154. The van der Waals surface area contributed by atoms with Crippen LogP contribution in [0.5, 0.6) is 5.75 Å². The number of halogens is 3. The van der Waals surface area contributed by atoms with Crippen LogP contribution in [0.3, 0.4) is 0 Å². The molecule has 0 radical (unpaired) electrons. The third kappa shape index (κ3) is 3.57. The van der Waals surface area contributed by atoms with Crippen LogP contribution in [0, 0.1) is 5.82 Å². The fourth-order valence-electron chi connectivity index (χ4n) is 2.22. The Bertz CT molecular complexity index is 636. The maximum absolute atomic E-state index is 14.0. The van der Waals surface area contributed by atoms with Crippen molar-refractivity contribution in [2.45, 2.75) is 13.0 Å². The highest BCUT2D eigenvalue weighted by molar-refractivity contribution is 9.10. The summed E-state index contributed by atoms with van der Waals surface area (Å²) in [6.45, 7) is 2.74. The Kier molecular flexibility index (Phi) is 5.62. The van der Waals surface area contributed by atoms with E-state index in [9.17, 15) is 4.39 Å². The number of hydrogen-bond donors (Lipinski definition) is 1. The normalized spacial score (nSPS) is 12.2. The lowest BCUT2D eigenvalue weighted by molar-refractivity contribution is 0.385. The largest absolute Gasteiger partial charge is 0.494 e. The third-order valence-corrected chi connectivity index (χ3v) is 4.52. The lowest BCUT2D eigenvalue weighted by Crippen LogP contribution is -2.22. The number of rotatable bonds is 5. The molecule has 0 bridgehead atoms. The van der Waals surface area contributed by atoms with Crippen LogP contribution in [-0.4, -0.2) is 13.7 Å². The average molecular weight is 373 g/mol. The summed E-state index contributed by atoms with van der Waals surface area (Å²) in [5, 5.41) is 3.96. The zero-order valence-corrected chi connectivity index (χ0v) is 14.1. The van der Waals surface area contributed by atoms with Crippen LogP contribution >= 0.6 is 27.5 Å². The van der Waals surface area contributed by atoms with Gasteiger partial charge in [-0.05, 0) is 51.8 Å². The van der Waals surface area contributed by atoms with Crippen LogP contribution in [-0.2, 0) is 0 Å². The molecule has 0 amide bonds. The first-order chi connectivity index (χ1) is 10.1. The van der Waals surface area contributed by atoms with E-state index in [2.05, 4.69) is 21.2 Å². The molecule has 0 saturated heterocycles. The van der Waals surface area contributed by atoms with Gasteiger partial charge in [0.05, 0.1) is 18.2 Å². The maximum atomic E-state index is 14.0. The first kappa shape index (κ1) is 16.3. The molecule has 1 unspecified atom stereocenters. The molecule has 0 aliphatic carbocycles. The van der Waals surface area contributed by atoms with E-state index in [1.54, 1.807) is 6.07 Å². The molecule has 0 fully saturated rings. The second-order valence-electron chi connectivity index (χ2n) is 4.53. The molecular weight excluding hydrogens is 357 g/mol. The van der Waals surface area contributed by atoms with Crippen LogP contribution in [0.1, 0.15) is 24.1 Å². The second-order valence-corrected chi connectivity index (χ2v) is 5.76. The van der Waals surface area contributed by atoms with E-state index in [0.717, 1.165) is 22.1 Å². The molecule has 2 nitrogen and oxygen atoms in total. The molecule has 1 N–H and O–H groups in total. The van der Waals surface area contributed by atoms with Crippen molar-refractivity contribution in [3.05, 3.63) is 62.8 Å². The Balaban J connectivity index is 2.48. The third-order valence-electron chi connectivity index (χ3n) is 3.21. The first-order valence-electron chi connectivity index (χ1n) is 6.59. The number of methoxy groups -OCH3 is 1. The van der Waals surface area contributed by atoms with Crippen LogP contribution in [0.2, 0.25) is 5.02 Å².